The number of likely N-dealkylation sites (N-methyl/N-ethyl adjacent to an activating group) is 1. The number of aromatic nitrogens is 1. The van der Waals surface area contributed by atoms with Gasteiger partial charge in [-0.2, -0.15) is 0 Å². The zero-order valence-electron chi connectivity index (χ0n) is 11.5. The maximum atomic E-state index is 6.05. The van der Waals surface area contributed by atoms with Crippen LogP contribution in [0.4, 0.5) is 0 Å². The van der Waals surface area contributed by atoms with Gasteiger partial charge >= 0.3 is 0 Å². The number of aryl methyl sites for hydroxylation is 1. The van der Waals surface area contributed by atoms with Crippen molar-refractivity contribution >= 4 is 0 Å². The molecule has 5 atom stereocenters. The summed E-state index contributed by atoms with van der Waals surface area (Å²) in [5, 5.41) is 3.59. The molecule has 2 fully saturated rings. The normalized spacial score (nSPS) is 37.5. The van der Waals surface area contributed by atoms with Crippen LogP contribution in [-0.4, -0.2) is 30.3 Å². The first-order valence-electron chi connectivity index (χ1n) is 7.63. The van der Waals surface area contributed by atoms with E-state index in [4.69, 9.17) is 4.74 Å². The molecule has 2 saturated heterocycles. The molecule has 102 valence electrons. The standard InChI is InChI=1S/C16H22N2O/c1-17-16(13-9-11-5-7-14(13)19-11)12-6-4-10-3-2-8-18-15(10)12/h2-3,8,11-14,16-17H,4-7,9H2,1H3. The molecule has 1 aliphatic carbocycles. The van der Waals surface area contributed by atoms with Gasteiger partial charge in [0, 0.05) is 29.8 Å². The number of hydrogen-bond acceptors (Lipinski definition) is 3. The lowest BCUT2D eigenvalue weighted by Gasteiger charge is -2.32. The van der Waals surface area contributed by atoms with Gasteiger partial charge in [0.1, 0.15) is 0 Å². The lowest BCUT2D eigenvalue weighted by Crippen LogP contribution is -2.42. The summed E-state index contributed by atoms with van der Waals surface area (Å²) < 4.78 is 6.05. The Labute approximate surface area is 114 Å². The predicted molar refractivity (Wildman–Crippen MR) is 74.1 cm³/mol. The second-order valence-corrected chi connectivity index (χ2v) is 6.28. The maximum Gasteiger partial charge on any atom is 0.0624 e. The van der Waals surface area contributed by atoms with Crippen molar-refractivity contribution in [3.05, 3.63) is 29.6 Å². The van der Waals surface area contributed by atoms with Gasteiger partial charge in [0.05, 0.1) is 12.2 Å². The van der Waals surface area contributed by atoms with Crippen molar-refractivity contribution in [2.75, 3.05) is 7.05 Å². The highest BCUT2D eigenvalue weighted by Gasteiger charge is 2.47. The van der Waals surface area contributed by atoms with Crippen LogP contribution < -0.4 is 5.32 Å². The van der Waals surface area contributed by atoms with Crippen molar-refractivity contribution < 1.29 is 4.74 Å². The van der Waals surface area contributed by atoms with Crippen molar-refractivity contribution in [2.45, 2.75) is 56.3 Å². The molecular weight excluding hydrogens is 236 g/mol. The van der Waals surface area contributed by atoms with Gasteiger partial charge in [-0.1, -0.05) is 6.07 Å². The molecule has 2 bridgehead atoms. The van der Waals surface area contributed by atoms with E-state index in [1.165, 1.54) is 43.4 Å². The fourth-order valence-electron chi connectivity index (χ4n) is 4.56. The number of fused-ring (bicyclic) bond motifs is 3. The molecule has 3 heterocycles. The van der Waals surface area contributed by atoms with Crippen LogP contribution in [0, 0.1) is 5.92 Å². The lowest BCUT2D eigenvalue weighted by atomic mass is 9.77. The lowest BCUT2D eigenvalue weighted by molar-refractivity contribution is 0.0838. The van der Waals surface area contributed by atoms with Crippen LogP contribution in [0.25, 0.3) is 0 Å². The summed E-state index contributed by atoms with van der Waals surface area (Å²) in [4.78, 5) is 4.66. The second kappa shape index (κ2) is 4.57. The molecule has 4 rings (SSSR count). The Morgan fingerprint density at radius 2 is 2.32 bits per heavy atom. The van der Waals surface area contributed by atoms with E-state index in [-0.39, 0.29) is 0 Å². The highest BCUT2D eigenvalue weighted by Crippen LogP contribution is 2.45. The molecule has 3 heteroatoms. The van der Waals surface area contributed by atoms with Crippen molar-refractivity contribution in [3.63, 3.8) is 0 Å². The third-order valence-electron chi connectivity index (χ3n) is 5.38. The van der Waals surface area contributed by atoms with Crippen LogP contribution >= 0.6 is 0 Å². The Hall–Kier alpha value is -0.930. The summed E-state index contributed by atoms with van der Waals surface area (Å²) in [6.07, 6.45) is 9.19. The van der Waals surface area contributed by atoms with Gasteiger partial charge in [0.15, 0.2) is 0 Å². The molecule has 3 nitrogen and oxygen atoms in total. The van der Waals surface area contributed by atoms with E-state index in [0.29, 0.717) is 30.1 Å². The van der Waals surface area contributed by atoms with E-state index >= 15 is 0 Å². The first-order valence-corrected chi connectivity index (χ1v) is 7.63. The summed E-state index contributed by atoms with van der Waals surface area (Å²) in [6.45, 7) is 0. The highest BCUT2D eigenvalue weighted by molar-refractivity contribution is 5.30. The molecule has 5 unspecified atom stereocenters. The van der Waals surface area contributed by atoms with Gasteiger partial charge in [0.2, 0.25) is 0 Å². The number of rotatable bonds is 3. The molecule has 0 saturated carbocycles. The van der Waals surface area contributed by atoms with Crippen LogP contribution in [-0.2, 0) is 11.2 Å². The number of hydrogen-bond donors (Lipinski definition) is 1. The molecule has 1 aromatic rings. The Bertz CT molecular complexity index is 476. The topological polar surface area (TPSA) is 34.2 Å². The third-order valence-corrected chi connectivity index (χ3v) is 5.38. The number of nitrogens with one attached hydrogen (secondary N) is 1. The predicted octanol–water partition coefficient (Wildman–Crippen LogP) is 2.27. The summed E-state index contributed by atoms with van der Waals surface area (Å²) in [7, 11) is 2.11. The minimum Gasteiger partial charge on any atom is -0.375 e. The molecule has 3 aliphatic rings. The molecule has 1 N–H and O–H groups in total. The largest absolute Gasteiger partial charge is 0.375 e. The fourth-order valence-corrected chi connectivity index (χ4v) is 4.56. The molecule has 0 radical (unpaired) electrons. The van der Waals surface area contributed by atoms with Crippen LogP contribution in [0.3, 0.4) is 0 Å². The van der Waals surface area contributed by atoms with E-state index in [9.17, 15) is 0 Å². The van der Waals surface area contributed by atoms with Crippen LogP contribution in [0.2, 0.25) is 0 Å². The number of pyridine rings is 1. The summed E-state index contributed by atoms with van der Waals surface area (Å²) in [6, 6.07) is 4.84. The third kappa shape index (κ3) is 1.83. The molecule has 0 spiro atoms. The summed E-state index contributed by atoms with van der Waals surface area (Å²) in [5.41, 5.74) is 2.79. The Morgan fingerprint density at radius 3 is 3.05 bits per heavy atom. The van der Waals surface area contributed by atoms with Gasteiger partial charge in [-0.05, 0) is 50.8 Å². The van der Waals surface area contributed by atoms with Gasteiger partial charge in [-0.3, -0.25) is 4.98 Å². The minimum atomic E-state index is 0.496. The smallest absolute Gasteiger partial charge is 0.0624 e. The van der Waals surface area contributed by atoms with E-state index < -0.39 is 0 Å². The Balaban J connectivity index is 1.60. The second-order valence-electron chi connectivity index (χ2n) is 6.28. The molecular formula is C16H22N2O. The highest BCUT2D eigenvalue weighted by atomic mass is 16.5. The monoisotopic (exact) mass is 258 g/mol. The van der Waals surface area contributed by atoms with Crippen molar-refractivity contribution in [2.24, 2.45) is 5.92 Å². The fraction of sp³-hybridized carbons (Fsp3) is 0.688. The van der Waals surface area contributed by atoms with Gasteiger partial charge in [-0.15, -0.1) is 0 Å². The van der Waals surface area contributed by atoms with Crippen molar-refractivity contribution in [1.29, 1.82) is 0 Å². The average Bonchev–Trinajstić information content (AvgIpc) is 3.15. The van der Waals surface area contributed by atoms with Crippen molar-refractivity contribution in [1.82, 2.24) is 10.3 Å². The number of ether oxygens (including phenoxy) is 1. The molecule has 0 aromatic carbocycles. The molecule has 19 heavy (non-hydrogen) atoms. The van der Waals surface area contributed by atoms with Gasteiger partial charge in [-0.25, -0.2) is 0 Å². The minimum absolute atomic E-state index is 0.496. The van der Waals surface area contributed by atoms with Crippen LogP contribution in [0.15, 0.2) is 18.3 Å². The van der Waals surface area contributed by atoms with Crippen molar-refractivity contribution in [3.8, 4) is 0 Å². The zero-order chi connectivity index (χ0) is 12.8. The molecule has 1 aromatic heterocycles. The van der Waals surface area contributed by atoms with E-state index in [1.807, 2.05) is 6.20 Å². The molecule has 0 amide bonds. The average molecular weight is 258 g/mol. The zero-order valence-corrected chi connectivity index (χ0v) is 11.5. The Kier molecular flexibility index (Phi) is 2.85. The first-order chi connectivity index (χ1) is 9.36. The summed E-state index contributed by atoms with van der Waals surface area (Å²) in [5.74, 6) is 1.26. The summed E-state index contributed by atoms with van der Waals surface area (Å²) >= 11 is 0. The van der Waals surface area contributed by atoms with Crippen LogP contribution in [0.5, 0.6) is 0 Å². The Morgan fingerprint density at radius 1 is 1.37 bits per heavy atom. The maximum absolute atomic E-state index is 6.05. The molecule has 2 aliphatic heterocycles. The van der Waals surface area contributed by atoms with Crippen LogP contribution in [0.1, 0.15) is 42.9 Å². The quantitative estimate of drug-likeness (QED) is 0.903. The first kappa shape index (κ1) is 11.9. The van der Waals surface area contributed by atoms with E-state index in [0.717, 1.165) is 0 Å². The number of nitrogens with zero attached hydrogens (tertiary/aromatic N) is 1. The van der Waals surface area contributed by atoms with Gasteiger partial charge < -0.3 is 10.1 Å². The van der Waals surface area contributed by atoms with E-state index in [2.05, 4.69) is 29.5 Å². The van der Waals surface area contributed by atoms with Gasteiger partial charge in [0.25, 0.3) is 0 Å². The SMILES string of the molecule is CNC(C1CCc2cccnc21)C1CC2CCC1O2. The van der Waals surface area contributed by atoms with E-state index in [1.54, 1.807) is 0 Å².